The van der Waals surface area contributed by atoms with Crippen molar-refractivity contribution in [3.63, 3.8) is 0 Å². The molecule has 0 aromatic heterocycles. The summed E-state index contributed by atoms with van der Waals surface area (Å²) in [6, 6.07) is 25.7. The highest BCUT2D eigenvalue weighted by Crippen LogP contribution is 2.26. The lowest BCUT2D eigenvalue weighted by molar-refractivity contribution is 0.0631. The van der Waals surface area contributed by atoms with Gasteiger partial charge in [-0.2, -0.15) is 0 Å². The highest BCUT2D eigenvalue weighted by atomic mass is 16.5. The molecule has 0 amide bonds. The molecule has 0 fully saturated rings. The maximum atomic E-state index is 10.6. The minimum Gasteiger partial charge on any atom is -0.489 e. The summed E-state index contributed by atoms with van der Waals surface area (Å²) >= 11 is 0. The summed E-state index contributed by atoms with van der Waals surface area (Å²) in [6.07, 6.45) is -0.659. The number of anilines is 2. The van der Waals surface area contributed by atoms with Crippen molar-refractivity contribution in [2.24, 2.45) is 0 Å². The van der Waals surface area contributed by atoms with Gasteiger partial charge in [-0.1, -0.05) is 66.7 Å². The number of aliphatic hydroxyl groups excluding tert-OH is 1. The molecule has 0 saturated carbocycles. The number of hydrogen-bond acceptors (Lipinski definition) is 5. The zero-order valence-corrected chi connectivity index (χ0v) is 15.9. The minimum absolute atomic E-state index is 0.147. The Morgan fingerprint density at radius 2 is 1.36 bits per heavy atom. The molecule has 1 atom stereocenters. The van der Waals surface area contributed by atoms with Crippen LogP contribution in [0, 0.1) is 0 Å². The number of nitrogens with two attached hydrogens (primary N) is 2. The number of benzene rings is 3. The number of aliphatic hydroxyl groups is 1. The number of nitrogen functional groups attached to an aromatic ring is 2. The van der Waals surface area contributed by atoms with Crippen LogP contribution in [-0.2, 0) is 13.1 Å². The van der Waals surface area contributed by atoms with E-state index in [2.05, 4.69) is 29.2 Å². The lowest BCUT2D eigenvalue weighted by Gasteiger charge is -2.25. The van der Waals surface area contributed by atoms with Crippen LogP contribution in [0.3, 0.4) is 0 Å². The van der Waals surface area contributed by atoms with E-state index in [9.17, 15) is 5.11 Å². The van der Waals surface area contributed by atoms with Crippen molar-refractivity contribution in [2.45, 2.75) is 19.2 Å². The lowest BCUT2D eigenvalue weighted by Crippen LogP contribution is -2.35. The Morgan fingerprint density at radius 3 is 1.93 bits per heavy atom. The van der Waals surface area contributed by atoms with E-state index in [0.29, 0.717) is 23.7 Å². The Bertz CT molecular complexity index is 815. The van der Waals surface area contributed by atoms with Gasteiger partial charge in [0.25, 0.3) is 0 Å². The van der Waals surface area contributed by atoms with Gasteiger partial charge < -0.3 is 21.3 Å². The Kier molecular flexibility index (Phi) is 6.89. The molecule has 0 unspecified atom stereocenters. The first-order valence-electron chi connectivity index (χ1n) is 9.37. The van der Waals surface area contributed by atoms with Gasteiger partial charge in [-0.3, -0.25) is 4.90 Å². The van der Waals surface area contributed by atoms with Crippen LogP contribution in [0.2, 0.25) is 0 Å². The van der Waals surface area contributed by atoms with Crippen molar-refractivity contribution < 1.29 is 9.84 Å². The van der Waals surface area contributed by atoms with Gasteiger partial charge in [0, 0.05) is 19.6 Å². The van der Waals surface area contributed by atoms with Gasteiger partial charge >= 0.3 is 0 Å². The molecule has 0 aliphatic heterocycles. The molecular formula is C23H27N3O2. The van der Waals surface area contributed by atoms with Gasteiger partial charge in [-0.15, -0.1) is 0 Å². The van der Waals surface area contributed by atoms with Gasteiger partial charge in [-0.05, 0) is 23.3 Å². The summed E-state index contributed by atoms with van der Waals surface area (Å²) in [6.45, 7) is 2.11. The third-order valence-electron chi connectivity index (χ3n) is 4.50. The summed E-state index contributed by atoms with van der Waals surface area (Å²) < 4.78 is 5.70. The molecule has 3 aromatic rings. The second kappa shape index (κ2) is 9.78. The Hall–Kier alpha value is -3.02. The van der Waals surface area contributed by atoms with E-state index in [4.69, 9.17) is 16.2 Å². The average molecular weight is 377 g/mol. The van der Waals surface area contributed by atoms with Crippen molar-refractivity contribution in [3.05, 3.63) is 90.0 Å². The van der Waals surface area contributed by atoms with Gasteiger partial charge in [0.05, 0.1) is 11.4 Å². The highest BCUT2D eigenvalue weighted by molar-refractivity contribution is 5.70. The number of para-hydroxylation sites is 1. The maximum absolute atomic E-state index is 10.6. The van der Waals surface area contributed by atoms with E-state index in [1.165, 1.54) is 11.1 Å². The van der Waals surface area contributed by atoms with E-state index in [0.717, 1.165) is 13.1 Å². The Morgan fingerprint density at radius 1 is 0.786 bits per heavy atom. The molecule has 0 heterocycles. The van der Waals surface area contributed by atoms with Crippen LogP contribution in [0.1, 0.15) is 11.1 Å². The number of nitrogens with zero attached hydrogens (tertiary/aromatic N) is 1. The monoisotopic (exact) mass is 377 g/mol. The third-order valence-corrected chi connectivity index (χ3v) is 4.50. The van der Waals surface area contributed by atoms with Gasteiger partial charge in [-0.25, -0.2) is 0 Å². The molecule has 0 aliphatic carbocycles. The predicted molar refractivity (Wildman–Crippen MR) is 114 cm³/mol. The first-order valence-corrected chi connectivity index (χ1v) is 9.37. The van der Waals surface area contributed by atoms with Crippen LogP contribution < -0.4 is 16.2 Å². The van der Waals surface area contributed by atoms with Crippen molar-refractivity contribution in [1.29, 1.82) is 0 Å². The zero-order chi connectivity index (χ0) is 19.8. The largest absolute Gasteiger partial charge is 0.489 e. The Labute approximate surface area is 166 Å². The molecule has 5 N–H and O–H groups in total. The predicted octanol–water partition coefficient (Wildman–Crippen LogP) is 3.29. The molecule has 0 spiro atoms. The molecule has 3 aromatic carbocycles. The van der Waals surface area contributed by atoms with Crippen LogP contribution in [0.15, 0.2) is 78.9 Å². The van der Waals surface area contributed by atoms with Gasteiger partial charge in [0.2, 0.25) is 0 Å². The van der Waals surface area contributed by atoms with Crippen molar-refractivity contribution in [1.82, 2.24) is 4.90 Å². The van der Waals surface area contributed by atoms with E-state index in [-0.39, 0.29) is 6.61 Å². The first kappa shape index (κ1) is 19.7. The quantitative estimate of drug-likeness (QED) is 0.498. The summed E-state index contributed by atoms with van der Waals surface area (Å²) in [5, 5.41) is 10.6. The van der Waals surface area contributed by atoms with Crippen molar-refractivity contribution in [2.75, 3.05) is 24.6 Å². The van der Waals surface area contributed by atoms with E-state index in [1.54, 1.807) is 18.2 Å². The topological polar surface area (TPSA) is 84.7 Å². The second-order valence-electron chi connectivity index (χ2n) is 6.86. The smallest absolute Gasteiger partial charge is 0.144 e. The maximum Gasteiger partial charge on any atom is 0.144 e. The minimum atomic E-state index is -0.659. The fourth-order valence-electron chi connectivity index (χ4n) is 3.09. The molecule has 0 aliphatic rings. The van der Waals surface area contributed by atoms with Crippen LogP contribution in [0.4, 0.5) is 11.4 Å². The average Bonchev–Trinajstić information content (AvgIpc) is 2.70. The SMILES string of the molecule is Nc1cccc(OC[C@@H](O)CN(Cc2ccccc2)Cc2ccccc2)c1N. The fraction of sp³-hybridized carbons (Fsp3) is 0.217. The molecule has 3 rings (SSSR count). The number of ether oxygens (including phenoxy) is 1. The lowest BCUT2D eigenvalue weighted by atomic mass is 10.1. The fourth-order valence-corrected chi connectivity index (χ4v) is 3.09. The molecule has 5 nitrogen and oxygen atoms in total. The van der Waals surface area contributed by atoms with Crippen LogP contribution in [0.5, 0.6) is 5.75 Å². The molecule has 5 heteroatoms. The standard InChI is InChI=1S/C23H27N3O2/c24-21-12-7-13-22(23(21)25)28-17-20(27)16-26(14-18-8-3-1-4-9-18)15-19-10-5-2-6-11-19/h1-13,20,27H,14-17,24-25H2/t20-/m0/s1. The molecule has 0 bridgehead atoms. The first-order chi connectivity index (χ1) is 13.6. The van der Waals surface area contributed by atoms with E-state index < -0.39 is 6.10 Å². The molecular weight excluding hydrogens is 350 g/mol. The molecule has 0 radical (unpaired) electrons. The molecule has 0 saturated heterocycles. The van der Waals surface area contributed by atoms with Crippen LogP contribution in [-0.4, -0.2) is 29.3 Å². The van der Waals surface area contributed by atoms with Crippen LogP contribution >= 0.6 is 0 Å². The summed E-state index contributed by atoms with van der Waals surface area (Å²) in [4.78, 5) is 2.21. The van der Waals surface area contributed by atoms with Crippen molar-refractivity contribution in [3.8, 4) is 5.75 Å². The van der Waals surface area contributed by atoms with E-state index >= 15 is 0 Å². The highest BCUT2D eigenvalue weighted by Gasteiger charge is 2.15. The van der Waals surface area contributed by atoms with Gasteiger partial charge in [0.1, 0.15) is 18.5 Å². The second-order valence-corrected chi connectivity index (χ2v) is 6.86. The third kappa shape index (κ3) is 5.74. The number of hydrogen-bond donors (Lipinski definition) is 3. The van der Waals surface area contributed by atoms with Gasteiger partial charge in [0.15, 0.2) is 0 Å². The van der Waals surface area contributed by atoms with Crippen molar-refractivity contribution >= 4 is 11.4 Å². The molecule has 146 valence electrons. The Balaban J connectivity index is 1.63. The van der Waals surface area contributed by atoms with Crippen LogP contribution in [0.25, 0.3) is 0 Å². The summed E-state index contributed by atoms with van der Waals surface area (Å²) in [7, 11) is 0. The van der Waals surface area contributed by atoms with E-state index in [1.807, 2.05) is 36.4 Å². The zero-order valence-electron chi connectivity index (χ0n) is 15.9. The normalized spacial score (nSPS) is 12.1. The summed E-state index contributed by atoms with van der Waals surface area (Å²) in [5.41, 5.74) is 15.0. The summed E-state index contributed by atoms with van der Waals surface area (Å²) in [5.74, 6) is 0.497. The number of rotatable bonds is 9. The molecule has 28 heavy (non-hydrogen) atoms.